The Bertz CT molecular complexity index is 1080. The van der Waals surface area contributed by atoms with Gasteiger partial charge < -0.3 is 24.4 Å². The van der Waals surface area contributed by atoms with E-state index in [2.05, 4.69) is 62.1 Å². The Morgan fingerprint density at radius 1 is 1.12 bits per heavy atom. The minimum absolute atomic E-state index is 0.0264. The largest absolute Gasteiger partial charge is 0.530 e. The highest BCUT2D eigenvalue weighted by Crippen LogP contribution is 2.51. The van der Waals surface area contributed by atoms with Crippen molar-refractivity contribution in [3.8, 4) is 16.9 Å². The Kier molecular flexibility index (Phi) is 5.87. The molecule has 0 spiro atoms. The molecule has 4 aliphatic rings. The lowest BCUT2D eigenvalue weighted by molar-refractivity contribution is -0.276. The summed E-state index contributed by atoms with van der Waals surface area (Å²) >= 11 is 0. The van der Waals surface area contributed by atoms with Crippen molar-refractivity contribution in [3.05, 3.63) is 53.1 Å². The molecule has 5 nitrogen and oxygen atoms in total. The number of hydrogen-bond donors (Lipinski definition) is 0. The van der Waals surface area contributed by atoms with E-state index in [-0.39, 0.29) is 23.6 Å². The van der Waals surface area contributed by atoms with Gasteiger partial charge in [0.1, 0.15) is 11.8 Å². The SMILES string of the molecule is Cc1cc(-c2ccc3c(c2)CC(C)(C)[C@H]3N(C(=O)[O-])[C@@H]2CN3CCC2CC3)ccc1OC(C)C. The average Bonchev–Trinajstić information content (AvgIpc) is 3.05. The second-order valence-electron chi connectivity index (χ2n) is 11.5. The van der Waals surface area contributed by atoms with E-state index < -0.39 is 6.09 Å². The van der Waals surface area contributed by atoms with Gasteiger partial charge in [0.25, 0.3) is 0 Å². The summed E-state index contributed by atoms with van der Waals surface area (Å²) in [5.41, 5.74) is 5.66. The molecule has 1 aliphatic carbocycles. The summed E-state index contributed by atoms with van der Waals surface area (Å²) in [7, 11) is 0. The molecule has 2 atom stereocenters. The van der Waals surface area contributed by atoms with Gasteiger partial charge >= 0.3 is 0 Å². The summed E-state index contributed by atoms with van der Waals surface area (Å²) in [4.78, 5) is 16.7. The minimum atomic E-state index is -1.02. The Balaban J connectivity index is 1.48. The van der Waals surface area contributed by atoms with Gasteiger partial charge in [-0.05, 0) is 104 Å². The number of fused-ring (bicyclic) bond motifs is 4. The van der Waals surface area contributed by atoms with Crippen molar-refractivity contribution in [2.45, 2.75) is 72.1 Å². The molecular formula is C29H37N2O3-. The average molecular weight is 462 g/mol. The molecule has 5 heteroatoms. The molecular weight excluding hydrogens is 424 g/mol. The van der Waals surface area contributed by atoms with Crippen LogP contribution in [0.5, 0.6) is 5.75 Å². The molecule has 0 saturated carbocycles. The maximum absolute atomic E-state index is 12.6. The second-order valence-corrected chi connectivity index (χ2v) is 11.5. The van der Waals surface area contributed by atoms with Crippen molar-refractivity contribution >= 4 is 6.09 Å². The first-order valence-electron chi connectivity index (χ1n) is 12.8. The minimum Gasteiger partial charge on any atom is -0.530 e. The number of hydrogen-bond acceptors (Lipinski definition) is 4. The van der Waals surface area contributed by atoms with Crippen molar-refractivity contribution in [1.82, 2.24) is 9.80 Å². The van der Waals surface area contributed by atoms with Gasteiger partial charge in [-0.1, -0.05) is 38.1 Å². The zero-order valence-corrected chi connectivity index (χ0v) is 21.1. The van der Waals surface area contributed by atoms with Gasteiger partial charge in [-0.15, -0.1) is 0 Å². The quantitative estimate of drug-likeness (QED) is 0.641. The first-order valence-corrected chi connectivity index (χ1v) is 12.8. The first-order chi connectivity index (χ1) is 16.1. The summed E-state index contributed by atoms with van der Waals surface area (Å²) in [5, 5.41) is 12.6. The van der Waals surface area contributed by atoms with Gasteiger partial charge in [0, 0.05) is 12.6 Å². The van der Waals surface area contributed by atoms with E-state index in [1.165, 1.54) is 5.56 Å². The highest BCUT2D eigenvalue weighted by Gasteiger charge is 2.48. The van der Waals surface area contributed by atoms with Gasteiger partial charge in [0.05, 0.1) is 12.1 Å². The fraction of sp³-hybridized carbons (Fsp3) is 0.552. The molecule has 2 aromatic rings. The number of aryl methyl sites for hydroxylation is 1. The third kappa shape index (κ3) is 4.08. The highest BCUT2D eigenvalue weighted by molar-refractivity contribution is 5.69. The van der Waals surface area contributed by atoms with E-state index in [0.29, 0.717) is 5.92 Å². The topological polar surface area (TPSA) is 55.8 Å². The summed E-state index contributed by atoms with van der Waals surface area (Å²) in [6, 6.07) is 12.8. The fourth-order valence-electron chi connectivity index (χ4n) is 6.64. The lowest BCUT2D eigenvalue weighted by Crippen LogP contribution is -2.62. The van der Waals surface area contributed by atoms with Crippen LogP contribution < -0.4 is 9.84 Å². The third-order valence-electron chi connectivity index (χ3n) is 8.16. The Morgan fingerprint density at radius 3 is 2.38 bits per heavy atom. The number of carbonyl (C=O) groups is 1. The predicted molar refractivity (Wildman–Crippen MR) is 133 cm³/mol. The van der Waals surface area contributed by atoms with Crippen molar-refractivity contribution in [2.24, 2.45) is 11.3 Å². The number of amides is 1. The van der Waals surface area contributed by atoms with Crippen LogP contribution in [-0.4, -0.2) is 47.7 Å². The van der Waals surface area contributed by atoms with Crippen LogP contribution in [0.4, 0.5) is 4.79 Å². The first kappa shape index (κ1) is 23.2. The fourth-order valence-corrected chi connectivity index (χ4v) is 6.64. The van der Waals surface area contributed by atoms with Crippen LogP contribution in [-0.2, 0) is 6.42 Å². The molecule has 3 fully saturated rings. The van der Waals surface area contributed by atoms with Crippen LogP contribution in [0.2, 0.25) is 0 Å². The summed E-state index contributed by atoms with van der Waals surface area (Å²) in [6.07, 6.45) is 2.16. The van der Waals surface area contributed by atoms with Crippen LogP contribution in [0.25, 0.3) is 11.1 Å². The van der Waals surface area contributed by atoms with Crippen LogP contribution >= 0.6 is 0 Å². The van der Waals surface area contributed by atoms with E-state index in [1.807, 2.05) is 13.8 Å². The molecule has 0 N–H and O–H groups in total. The number of benzene rings is 2. The van der Waals surface area contributed by atoms with Gasteiger partial charge in [-0.2, -0.15) is 0 Å². The molecule has 2 bridgehead atoms. The molecule has 2 aromatic carbocycles. The van der Waals surface area contributed by atoms with E-state index in [0.717, 1.165) is 66.9 Å². The molecule has 1 amide bonds. The third-order valence-corrected chi connectivity index (χ3v) is 8.16. The maximum Gasteiger partial charge on any atom is 0.137 e. The number of carbonyl (C=O) groups excluding carboxylic acids is 1. The van der Waals surface area contributed by atoms with Crippen molar-refractivity contribution in [1.29, 1.82) is 0 Å². The standard InChI is InChI=1S/C29H38N2O3/c1-18(2)34-26-9-7-21(14-19(26)3)22-6-8-24-23(15-22)16-29(4,5)27(24)31(28(32)33)25-17-30-12-10-20(25)11-13-30/h6-9,14-15,18,20,25,27H,10-13,16-17H2,1-5H3,(H,32,33)/p-1/t25-,27+/m1/s1. The predicted octanol–water partition coefficient (Wildman–Crippen LogP) is 4.81. The number of rotatable bonds is 5. The van der Waals surface area contributed by atoms with Crippen molar-refractivity contribution in [2.75, 3.05) is 19.6 Å². The van der Waals surface area contributed by atoms with E-state index in [1.54, 1.807) is 4.90 Å². The number of ether oxygens (including phenoxy) is 1. The molecule has 0 aromatic heterocycles. The summed E-state index contributed by atoms with van der Waals surface area (Å²) < 4.78 is 5.91. The Morgan fingerprint density at radius 2 is 1.79 bits per heavy atom. The van der Waals surface area contributed by atoms with E-state index in [4.69, 9.17) is 4.74 Å². The molecule has 182 valence electrons. The van der Waals surface area contributed by atoms with Gasteiger partial charge in [-0.25, -0.2) is 0 Å². The zero-order valence-electron chi connectivity index (χ0n) is 21.1. The normalized spacial score (nSPS) is 27.0. The van der Waals surface area contributed by atoms with Gasteiger partial charge in [-0.3, -0.25) is 0 Å². The molecule has 3 heterocycles. The number of carboxylic acid groups (broad SMARTS) is 1. The second kappa shape index (κ2) is 8.60. The molecule has 6 rings (SSSR count). The molecule has 34 heavy (non-hydrogen) atoms. The number of piperidine rings is 3. The smallest absolute Gasteiger partial charge is 0.137 e. The van der Waals surface area contributed by atoms with E-state index >= 15 is 0 Å². The van der Waals surface area contributed by atoms with Crippen molar-refractivity contribution in [3.63, 3.8) is 0 Å². The summed E-state index contributed by atoms with van der Waals surface area (Å²) in [6.45, 7) is 13.6. The maximum atomic E-state index is 12.6. The molecule has 0 unspecified atom stereocenters. The Hall–Kier alpha value is -2.53. The van der Waals surface area contributed by atoms with Crippen LogP contribution in [0.15, 0.2) is 36.4 Å². The van der Waals surface area contributed by atoms with Gasteiger partial charge in [0.15, 0.2) is 0 Å². The van der Waals surface area contributed by atoms with Crippen LogP contribution in [0.3, 0.4) is 0 Å². The van der Waals surface area contributed by atoms with E-state index in [9.17, 15) is 9.90 Å². The molecule has 3 saturated heterocycles. The molecule has 0 radical (unpaired) electrons. The van der Waals surface area contributed by atoms with Crippen LogP contribution in [0.1, 0.15) is 63.3 Å². The monoisotopic (exact) mass is 461 g/mol. The Labute approximate surface area is 203 Å². The lowest BCUT2D eigenvalue weighted by atomic mass is 9.79. The van der Waals surface area contributed by atoms with Crippen molar-refractivity contribution < 1.29 is 14.6 Å². The lowest BCUT2D eigenvalue weighted by Gasteiger charge is -2.53. The zero-order chi connectivity index (χ0) is 24.2. The molecule has 3 aliphatic heterocycles. The summed E-state index contributed by atoms with van der Waals surface area (Å²) in [5.74, 6) is 1.36. The van der Waals surface area contributed by atoms with Gasteiger partial charge in [0.2, 0.25) is 0 Å². The van der Waals surface area contributed by atoms with Crippen LogP contribution in [0, 0.1) is 18.3 Å². The number of nitrogens with zero attached hydrogens (tertiary/aromatic N) is 2. The highest BCUT2D eigenvalue weighted by atomic mass is 16.5.